The first kappa shape index (κ1) is 11.9. The van der Waals surface area contributed by atoms with E-state index in [4.69, 9.17) is 0 Å². The SMILES string of the molecule is COC(=O)CNc1nc(C(C)(C)C)ns1. The van der Waals surface area contributed by atoms with Crippen molar-refractivity contribution in [2.75, 3.05) is 19.0 Å². The predicted molar refractivity (Wildman–Crippen MR) is 59.1 cm³/mol. The van der Waals surface area contributed by atoms with Gasteiger partial charge in [-0.05, 0) is 0 Å². The molecule has 1 heterocycles. The average Bonchev–Trinajstić information content (AvgIpc) is 2.61. The van der Waals surface area contributed by atoms with E-state index in [1.165, 1.54) is 18.6 Å². The summed E-state index contributed by atoms with van der Waals surface area (Å²) >= 11 is 1.25. The van der Waals surface area contributed by atoms with Crippen LogP contribution in [0.3, 0.4) is 0 Å². The molecule has 0 saturated carbocycles. The van der Waals surface area contributed by atoms with Crippen molar-refractivity contribution >= 4 is 22.6 Å². The van der Waals surface area contributed by atoms with E-state index in [0.717, 1.165) is 5.82 Å². The Bertz CT molecular complexity index is 343. The molecule has 0 aliphatic rings. The lowest BCUT2D eigenvalue weighted by molar-refractivity contribution is -0.138. The number of methoxy groups -OCH3 is 1. The van der Waals surface area contributed by atoms with E-state index in [1.54, 1.807) is 0 Å². The number of nitrogens with one attached hydrogen (secondary N) is 1. The standard InChI is InChI=1S/C9H15N3O2S/c1-9(2,3)7-11-8(15-12-7)10-5-6(13)14-4/h5H2,1-4H3,(H,10,11,12). The number of esters is 1. The number of hydrogen-bond acceptors (Lipinski definition) is 6. The van der Waals surface area contributed by atoms with Crippen LogP contribution in [0, 0.1) is 0 Å². The average molecular weight is 229 g/mol. The summed E-state index contributed by atoms with van der Waals surface area (Å²) in [5.74, 6) is 0.461. The summed E-state index contributed by atoms with van der Waals surface area (Å²) in [5.41, 5.74) is -0.0678. The zero-order chi connectivity index (χ0) is 11.5. The summed E-state index contributed by atoms with van der Waals surface area (Å²) in [6, 6.07) is 0. The molecule has 84 valence electrons. The van der Waals surface area contributed by atoms with Gasteiger partial charge in [0.2, 0.25) is 5.13 Å². The number of anilines is 1. The van der Waals surface area contributed by atoms with E-state index in [0.29, 0.717) is 5.13 Å². The van der Waals surface area contributed by atoms with Gasteiger partial charge in [0.25, 0.3) is 0 Å². The van der Waals surface area contributed by atoms with E-state index in [-0.39, 0.29) is 17.9 Å². The Morgan fingerprint density at radius 2 is 2.20 bits per heavy atom. The molecule has 6 heteroatoms. The van der Waals surface area contributed by atoms with Crippen LogP contribution >= 0.6 is 11.5 Å². The number of rotatable bonds is 3. The Balaban J connectivity index is 2.58. The molecule has 0 radical (unpaired) electrons. The van der Waals surface area contributed by atoms with Gasteiger partial charge in [0, 0.05) is 16.9 Å². The molecule has 0 atom stereocenters. The van der Waals surface area contributed by atoms with Crippen molar-refractivity contribution in [3.63, 3.8) is 0 Å². The lowest BCUT2D eigenvalue weighted by atomic mass is 9.96. The molecule has 0 fully saturated rings. The van der Waals surface area contributed by atoms with Crippen molar-refractivity contribution in [3.05, 3.63) is 5.82 Å². The molecule has 0 saturated heterocycles. The molecule has 1 aromatic rings. The van der Waals surface area contributed by atoms with Crippen LogP contribution in [0.25, 0.3) is 0 Å². The van der Waals surface area contributed by atoms with Crippen LogP contribution in [0.1, 0.15) is 26.6 Å². The van der Waals surface area contributed by atoms with E-state index < -0.39 is 0 Å². The van der Waals surface area contributed by atoms with Crippen molar-refractivity contribution in [3.8, 4) is 0 Å². The van der Waals surface area contributed by atoms with Crippen molar-refractivity contribution in [2.24, 2.45) is 0 Å². The lowest BCUT2D eigenvalue weighted by Gasteiger charge is -2.12. The smallest absolute Gasteiger partial charge is 0.325 e. The Labute approximate surface area is 93.0 Å². The predicted octanol–water partition coefficient (Wildman–Crippen LogP) is 1.42. The van der Waals surface area contributed by atoms with Crippen molar-refractivity contribution in [1.82, 2.24) is 9.36 Å². The molecule has 0 aromatic carbocycles. The molecule has 5 nitrogen and oxygen atoms in total. The fourth-order valence-electron chi connectivity index (χ4n) is 0.820. The summed E-state index contributed by atoms with van der Waals surface area (Å²) in [6.07, 6.45) is 0. The van der Waals surface area contributed by atoms with Crippen molar-refractivity contribution < 1.29 is 9.53 Å². The number of ether oxygens (including phenoxy) is 1. The maximum absolute atomic E-state index is 10.9. The Morgan fingerprint density at radius 1 is 1.53 bits per heavy atom. The molecule has 0 unspecified atom stereocenters. The normalized spacial score (nSPS) is 11.2. The summed E-state index contributed by atoms with van der Waals surface area (Å²) in [7, 11) is 1.35. The number of aromatic nitrogens is 2. The van der Waals surface area contributed by atoms with Crippen molar-refractivity contribution in [1.29, 1.82) is 0 Å². The van der Waals surface area contributed by atoms with Gasteiger partial charge in [0.05, 0.1) is 7.11 Å². The van der Waals surface area contributed by atoms with E-state index >= 15 is 0 Å². The topological polar surface area (TPSA) is 64.1 Å². The van der Waals surface area contributed by atoms with E-state index in [9.17, 15) is 4.79 Å². The molecule has 0 aliphatic carbocycles. The van der Waals surface area contributed by atoms with Crippen LogP contribution in [0.4, 0.5) is 5.13 Å². The highest BCUT2D eigenvalue weighted by Crippen LogP contribution is 2.22. The van der Waals surface area contributed by atoms with Crippen LogP contribution in [0.15, 0.2) is 0 Å². The van der Waals surface area contributed by atoms with Crippen LogP contribution in [-0.4, -0.2) is 29.0 Å². The number of hydrogen-bond donors (Lipinski definition) is 1. The molecular weight excluding hydrogens is 214 g/mol. The lowest BCUT2D eigenvalue weighted by Crippen LogP contribution is -2.16. The zero-order valence-corrected chi connectivity index (χ0v) is 10.1. The minimum atomic E-state index is -0.317. The second-order valence-corrected chi connectivity index (χ2v) is 4.85. The van der Waals surface area contributed by atoms with Crippen LogP contribution in [0.5, 0.6) is 0 Å². The van der Waals surface area contributed by atoms with Gasteiger partial charge in [-0.2, -0.15) is 4.37 Å². The fourth-order valence-corrected chi connectivity index (χ4v) is 1.57. The van der Waals surface area contributed by atoms with Gasteiger partial charge >= 0.3 is 5.97 Å². The minimum Gasteiger partial charge on any atom is -0.468 e. The minimum absolute atomic E-state index is 0.0678. The molecule has 15 heavy (non-hydrogen) atoms. The molecule has 1 aromatic heterocycles. The molecule has 0 spiro atoms. The van der Waals surface area contributed by atoms with Crippen LogP contribution in [-0.2, 0) is 14.9 Å². The summed E-state index contributed by atoms with van der Waals surface area (Å²) in [6.45, 7) is 6.24. The van der Waals surface area contributed by atoms with Gasteiger partial charge in [0.15, 0.2) is 0 Å². The van der Waals surface area contributed by atoms with Gasteiger partial charge in [-0.1, -0.05) is 20.8 Å². The van der Waals surface area contributed by atoms with Crippen LogP contribution < -0.4 is 5.32 Å². The Kier molecular flexibility index (Phi) is 3.62. The maximum Gasteiger partial charge on any atom is 0.325 e. The molecule has 0 bridgehead atoms. The van der Waals surface area contributed by atoms with Crippen LogP contribution in [0.2, 0.25) is 0 Å². The third-order valence-electron chi connectivity index (χ3n) is 1.71. The zero-order valence-electron chi connectivity index (χ0n) is 9.33. The van der Waals surface area contributed by atoms with Gasteiger partial charge in [-0.3, -0.25) is 4.79 Å². The molecule has 1 rings (SSSR count). The Morgan fingerprint density at radius 3 is 2.67 bits per heavy atom. The molecule has 0 amide bonds. The van der Waals surface area contributed by atoms with E-state index in [2.05, 4.69) is 19.4 Å². The summed E-state index contributed by atoms with van der Waals surface area (Å²) in [5, 5.41) is 3.50. The fraction of sp³-hybridized carbons (Fsp3) is 0.667. The van der Waals surface area contributed by atoms with Gasteiger partial charge in [-0.25, -0.2) is 4.98 Å². The van der Waals surface area contributed by atoms with Crippen molar-refractivity contribution in [2.45, 2.75) is 26.2 Å². The summed E-state index contributed by atoms with van der Waals surface area (Å²) in [4.78, 5) is 15.1. The quantitative estimate of drug-likeness (QED) is 0.794. The third kappa shape index (κ3) is 3.47. The molecule has 1 N–H and O–H groups in total. The second-order valence-electron chi connectivity index (χ2n) is 4.10. The highest BCUT2D eigenvalue weighted by Gasteiger charge is 2.19. The van der Waals surface area contributed by atoms with Gasteiger partial charge < -0.3 is 10.1 Å². The highest BCUT2D eigenvalue weighted by molar-refractivity contribution is 7.09. The number of nitrogens with zero attached hydrogens (tertiary/aromatic N) is 2. The third-order valence-corrected chi connectivity index (χ3v) is 2.38. The number of carbonyl (C=O) groups excluding carboxylic acids is 1. The first-order valence-electron chi connectivity index (χ1n) is 4.58. The number of carbonyl (C=O) groups is 1. The molecule has 0 aliphatic heterocycles. The van der Waals surface area contributed by atoms with Gasteiger partial charge in [-0.15, -0.1) is 0 Å². The monoisotopic (exact) mass is 229 g/mol. The van der Waals surface area contributed by atoms with E-state index in [1.807, 2.05) is 20.8 Å². The first-order chi connectivity index (χ1) is 6.93. The largest absolute Gasteiger partial charge is 0.468 e. The summed E-state index contributed by atoms with van der Waals surface area (Å²) < 4.78 is 8.71. The molecular formula is C9H15N3O2S. The highest BCUT2D eigenvalue weighted by atomic mass is 32.1. The van der Waals surface area contributed by atoms with Gasteiger partial charge in [0.1, 0.15) is 12.4 Å². The second kappa shape index (κ2) is 4.57. The Hall–Kier alpha value is -1.17. The first-order valence-corrected chi connectivity index (χ1v) is 5.35. The maximum atomic E-state index is 10.9.